The van der Waals surface area contributed by atoms with Crippen LogP contribution in [0.4, 0.5) is 0 Å². The summed E-state index contributed by atoms with van der Waals surface area (Å²) < 4.78 is 1.95. The molecule has 0 aromatic carbocycles. The highest BCUT2D eigenvalue weighted by molar-refractivity contribution is 4.97. The van der Waals surface area contributed by atoms with Gasteiger partial charge in [-0.25, -0.2) is 4.68 Å². The van der Waals surface area contributed by atoms with Crippen LogP contribution < -0.4 is 5.73 Å². The van der Waals surface area contributed by atoms with E-state index in [1.807, 2.05) is 4.68 Å². The maximum atomic E-state index is 5.56. The fraction of sp³-hybridized carbons (Fsp3) is 0.929. The predicted molar refractivity (Wildman–Crippen MR) is 75.6 cm³/mol. The summed E-state index contributed by atoms with van der Waals surface area (Å²) in [6, 6.07) is 0. The summed E-state index contributed by atoms with van der Waals surface area (Å²) in [6.45, 7) is 8.59. The second-order valence-corrected chi connectivity index (χ2v) is 6.82. The number of hydrogen-bond acceptors (Lipinski definition) is 4. The summed E-state index contributed by atoms with van der Waals surface area (Å²) in [5, 5.41) is 12.2. The quantitative estimate of drug-likeness (QED) is 0.907. The van der Waals surface area contributed by atoms with E-state index in [-0.39, 0.29) is 0 Å². The number of nitrogens with two attached hydrogens (primary N) is 1. The molecule has 0 saturated heterocycles. The molecule has 19 heavy (non-hydrogen) atoms. The van der Waals surface area contributed by atoms with Crippen LogP contribution in [-0.4, -0.2) is 26.8 Å². The molecule has 1 heterocycles. The van der Waals surface area contributed by atoms with Crippen LogP contribution in [0.5, 0.6) is 0 Å². The van der Waals surface area contributed by atoms with Crippen molar-refractivity contribution < 1.29 is 0 Å². The number of tetrazole rings is 1. The van der Waals surface area contributed by atoms with E-state index in [2.05, 4.69) is 36.3 Å². The SMILES string of the molecule is CC(C)(C)C1CCC(c2nnnn2CCCN)CC1. The van der Waals surface area contributed by atoms with Crippen LogP contribution in [0.1, 0.15) is 64.6 Å². The third-order valence-electron chi connectivity index (χ3n) is 4.45. The molecule has 1 aromatic rings. The molecule has 1 saturated carbocycles. The Morgan fingerprint density at radius 3 is 2.47 bits per heavy atom. The Hall–Kier alpha value is -0.970. The maximum absolute atomic E-state index is 5.56. The minimum Gasteiger partial charge on any atom is -0.330 e. The first-order chi connectivity index (χ1) is 9.02. The molecule has 0 radical (unpaired) electrons. The lowest BCUT2D eigenvalue weighted by molar-refractivity contribution is 0.166. The van der Waals surface area contributed by atoms with Gasteiger partial charge in [-0.2, -0.15) is 0 Å². The topological polar surface area (TPSA) is 69.6 Å². The van der Waals surface area contributed by atoms with Gasteiger partial charge in [0, 0.05) is 12.5 Å². The summed E-state index contributed by atoms with van der Waals surface area (Å²) in [6.07, 6.45) is 5.95. The third kappa shape index (κ3) is 3.53. The van der Waals surface area contributed by atoms with Crippen molar-refractivity contribution in [2.45, 2.75) is 65.3 Å². The van der Waals surface area contributed by atoms with E-state index < -0.39 is 0 Å². The van der Waals surface area contributed by atoms with Crippen molar-refractivity contribution in [3.8, 4) is 0 Å². The minimum absolute atomic E-state index is 0.427. The standard InChI is InChI=1S/C14H27N5/c1-14(2,3)12-7-5-11(6-8-12)13-16-17-18-19(13)10-4-9-15/h11-12H,4-10,15H2,1-3H3. The molecule has 0 aliphatic heterocycles. The molecule has 0 amide bonds. The number of aryl methyl sites for hydroxylation is 1. The molecule has 1 aliphatic rings. The van der Waals surface area contributed by atoms with Crippen molar-refractivity contribution in [3.63, 3.8) is 0 Å². The molecule has 5 nitrogen and oxygen atoms in total. The van der Waals surface area contributed by atoms with Crippen LogP contribution in [-0.2, 0) is 6.54 Å². The fourth-order valence-electron chi connectivity index (χ4n) is 3.12. The van der Waals surface area contributed by atoms with Gasteiger partial charge in [-0.05, 0) is 60.4 Å². The number of nitrogens with zero attached hydrogens (tertiary/aromatic N) is 4. The molecule has 2 N–H and O–H groups in total. The second kappa shape index (κ2) is 5.99. The van der Waals surface area contributed by atoms with E-state index in [0.717, 1.165) is 24.7 Å². The highest BCUT2D eigenvalue weighted by Crippen LogP contribution is 2.42. The first-order valence-corrected chi connectivity index (χ1v) is 7.48. The molecule has 0 unspecified atom stereocenters. The lowest BCUT2D eigenvalue weighted by Gasteiger charge is -2.36. The Morgan fingerprint density at radius 2 is 1.89 bits per heavy atom. The summed E-state index contributed by atoms with van der Waals surface area (Å²) in [7, 11) is 0. The highest BCUT2D eigenvalue weighted by Gasteiger charge is 2.32. The molecular formula is C14H27N5. The Balaban J connectivity index is 1.96. The fourth-order valence-corrected chi connectivity index (χ4v) is 3.12. The zero-order valence-corrected chi connectivity index (χ0v) is 12.5. The van der Waals surface area contributed by atoms with Crippen LogP contribution in [0, 0.1) is 11.3 Å². The average molecular weight is 265 g/mol. The van der Waals surface area contributed by atoms with Gasteiger partial charge in [-0.1, -0.05) is 20.8 Å². The zero-order chi connectivity index (χ0) is 13.9. The molecule has 0 spiro atoms. The lowest BCUT2D eigenvalue weighted by atomic mass is 9.70. The molecule has 5 heteroatoms. The molecule has 0 atom stereocenters. The molecular weight excluding hydrogens is 238 g/mol. The second-order valence-electron chi connectivity index (χ2n) is 6.82. The number of hydrogen-bond donors (Lipinski definition) is 1. The van der Waals surface area contributed by atoms with E-state index in [4.69, 9.17) is 5.73 Å². The Bertz CT molecular complexity index is 385. The Kier molecular flexibility index (Phi) is 4.55. The van der Waals surface area contributed by atoms with Crippen molar-refractivity contribution in [2.75, 3.05) is 6.54 Å². The Morgan fingerprint density at radius 1 is 1.21 bits per heavy atom. The van der Waals surface area contributed by atoms with Gasteiger partial charge >= 0.3 is 0 Å². The van der Waals surface area contributed by atoms with Gasteiger partial charge in [0.2, 0.25) is 0 Å². The summed E-state index contributed by atoms with van der Waals surface area (Å²) >= 11 is 0. The average Bonchev–Trinajstić information content (AvgIpc) is 2.83. The van der Waals surface area contributed by atoms with Gasteiger partial charge in [0.05, 0.1) is 0 Å². The van der Waals surface area contributed by atoms with Gasteiger partial charge < -0.3 is 5.73 Å². The van der Waals surface area contributed by atoms with Crippen molar-refractivity contribution in [1.82, 2.24) is 20.2 Å². The van der Waals surface area contributed by atoms with Gasteiger partial charge in [-0.15, -0.1) is 5.10 Å². The van der Waals surface area contributed by atoms with Crippen molar-refractivity contribution in [2.24, 2.45) is 17.1 Å². The van der Waals surface area contributed by atoms with Crippen LogP contribution in [0.3, 0.4) is 0 Å². The maximum Gasteiger partial charge on any atom is 0.154 e. The first kappa shape index (κ1) is 14.4. The summed E-state index contributed by atoms with van der Waals surface area (Å²) in [5.74, 6) is 2.43. The Labute approximate surface area is 115 Å². The highest BCUT2D eigenvalue weighted by atomic mass is 15.5. The normalized spacial score (nSPS) is 24.6. The largest absolute Gasteiger partial charge is 0.330 e. The first-order valence-electron chi connectivity index (χ1n) is 7.48. The van der Waals surface area contributed by atoms with Crippen LogP contribution in [0.25, 0.3) is 0 Å². The summed E-state index contributed by atoms with van der Waals surface area (Å²) in [4.78, 5) is 0. The minimum atomic E-state index is 0.427. The van der Waals surface area contributed by atoms with Gasteiger partial charge in [-0.3, -0.25) is 0 Å². The van der Waals surface area contributed by atoms with Crippen molar-refractivity contribution in [1.29, 1.82) is 0 Å². The molecule has 1 fully saturated rings. The third-order valence-corrected chi connectivity index (χ3v) is 4.45. The van der Waals surface area contributed by atoms with Gasteiger partial charge in [0.25, 0.3) is 0 Å². The van der Waals surface area contributed by atoms with E-state index >= 15 is 0 Å². The number of rotatable bonds is 4. The molecule has 2 rings (SSSR count). The van der Waals surface area contributed by atoms with Crippen molar-refractivity contribution in [3.05, 3.63) is 5.82 Å². The monoisotopic (exact) mass is 265 g/mol. The van der Waals surface area contributed by atoms with Crippen molar-refractivity contribution >= 4 is 0 Å². The van der Waals surface area contributed by atoms with E-state index in [1.165, 1.54) is 25.7 Å². The molecule has 1 aliphatic carbocycles. The lowest BCUT2D eigenvalue weighted by Crippen LogP contribution is -2.26. The number of aromatic nitrogens is 4. The van der Waals surface area contributed by atoms with Crippen LogP contribution in [0.2, 0.25) is 0 Å². The molecule has 1 aromatic heterocycles. The van der Waals surface area contributed by atoms with Crippen LogP contribution in [0.15, 0.2) is 0 Å². The van der Waals surface area contributed by atoms with E-state index in [0.29, 0.717) is 17.9 Å². The van der Waals surface area contributed by atoms with E-state index in [1.54, 1.807) is 0 Å². The van der Waals surface area contributed by atoms with Gasteiger partial charge in [0.15, 0.2) is 5.82 Å². The van der Waals surface area contributed by atoms with Gasteiger partial charge in [0.1, 0.15) is 0 Å². The smallest absolute Gasteiger partial charge is 0.154 e. The zero-order valence-electron chi connectivity index (χ0n) is 12.5. The van der Waals surface area contributed by atoms with Crippen LogP contribution >= 0.6 is 0 Å². The molecule has 0 bridgehead atoms. The molecule has 108 valence electrons. The van der Waals surface area contributed by atoms with E-state index in [9.17, 15) is 0 Å². The summed E-state index contributed by atoms with van der Waals surface area (Å²) in [5.41, 5.74) is 5.98. The predicted octanol–water partition coefficient (Wildman–Crippen LogP) is 2.34.